The molecule has 0 spiro atoms. The molecule has 1 amide bonds. The molecule has 0 aromatic carbocycles. The van der Waals surface area contributed by atoms with Crippen LogP contribution in [0.5, 0.6) is 0 Å². The zero-order valence-electron chi connectivity index (χ0n) is 12.6. The van der Waals surface area contributed by atoms with Crippen LogP contribution in [0.1, 0.15) is 40.5 Å². The van der Waals surface area contributed by atoms with Crippen LogP contribution in [-0.2, 0) is 4.74 Å². The number of ether oxygens (including phenoxy) is 1. The van der Waals surface area contributed by atoms with Crippen molar-refractivity contribution in [1.82, 2.24) is 10.2 Å². The molecule has 1 fully saturated rings. The minimum atomic E-state index is -0.425. The highest BCUT2D eigenvalue weighted by atomic mass is 16.6. The fourth-order valence-corrected chi connectivity index (χ4v) is 2.08. The quantitative estimate of drug-likeness (QED) is 0.816. The van der Waals surface area contributed by atoms with Crippen molar-refractivity contribution in [2.24, 2.45) is 5.92 Å². The summed E-state index contributed by atoms with van der Waals surface area (Å²) < 4.78 is 5.37. The van der Waals surface area contributed by atoms with Crippen molar-refractivity contribution in [3.8, 4) is 0 Å². The van der Waals surface area contributed by atoms with Crippen molar-refractivity contribution >= 4 is 6.09 Å². The van der Waals surface area contributed by atoms with Crippen LogP contribution in [0.2, 0.25) is 0 Å². The molecule has 0 radical (unpaired) electrons. The predicted molar refractivity (Wildman–Crippen MR) is 75.1 cm³/mol. The van der Waals surface area contributed by atoms with Crippen LogP contribution < -0.4 is 5.32 Å². The van der Waals surface area contributed by atoms with Crippen LogP contribution in [0.15, 0.2) is 0 Å². The molecule has 112 valence electrons. The Morgan fingerprint density at radius 1 is 1.42 bits per heavy atom. The molecule has 1 aliphatic heterocycles. The molecule has 5 nitrogen and oxygen atoms in total. The van der Waals surface area contributed by atoms with Gasteiger partial charge in [0.05, 0.1) is 6.61 Å². The topological polar surface area (TPSA) is 61.8 Å². The number of hydrogen-bond donors (Lipinski definition) is 2. The molecule has 1 unspecified atom stereocenters. The van der Waals surface area contributed by atoms with Gasteiger partial charge in [0.2, 0.25) is 0 Å². The van der Waals surface area contributed by atoms with Crippen molar-refractivity contribution in [3.63, 3.8) is 0 Å². The van der Waals surface area contributed by atoms with E-state index in [1.807, 2.05) is 27.7 Å². The van der Waals surface area contributed by atoms with E-state index in [1.165, 1.54) is 0 Å². The SMILES string of the molecule is CC(CO)NCC1CCN(C(=O)OC(C)(C)C)CC1. The van der Waals surface area contributed by atoms with Crippen LogP contribution in [-0.4, -0.2) is 54.0 Å². The molecule has 0 bridgehead atoms. The summed E-state index contributed by atoms with van der Waals surface area (Å²) in [6.45, 7) is 10.2. The van der Waals surface area contributed by atoms with Gasteiger partial charge < -0.3 is 20.1 Å². The van der Waals surface area contributed by atoms with Gasteiger partial charge in [-0.2, -0.15) is 0 Å². The van der Waals surface area contributed by atoms with Crippen molar-refractivity contribution in [3.05, 3.63) is 0 Å². The van der Waals surface area contributed by atoms with E-state index in [0.29, 0.717) is 5.92 Å². The average Bonchev–Trinajstić information content (AvgIpc) is 2.34. The van der Waals surface area contributed by atoms with E-state index in [2.05, 4.69) is 5.32 Å². The van der Waals surface area contributed by atoms with E-state index >= 15 is 0 Å². The number of amides is 1. The number of likely N-dealkylation sites (tertiary alicyclic amines) is 1. The van der Waals surface area contributed by atoms with Crippen molar-refractivity contribution in [2.75, 3.05) is 26.2 Å². The first-order valence-electron chi connectivity index (χ1n) is 7.14. The summed E-state index contributed by atoms with van der Waals surface area (Å²) >= 11 is 0. The zero-order chi connectivity index (χ0) is 14.5. The number of carbonyl (C=O) groups is 1. The Labute approximate surface area is 116 Å². The minimum Gasteiger partial charge on any atom is -0.444 e. The fraction of sp³-hybridized carbons (Fsp3) is 0.929. The Balaban J connectivity index is 2.27. The number of aliphatic hydroxyl groups is 1. The van der Waals surface area contributed by atoms with Crippen LogP contribution in [0.3, 0.4) is 0 Å². The maximum atomic E-state index is 11.9. The molecule has 5 heteroatoms. The maximum Gasteiger partial charge on any atom is 0.410 e. The highest BCUT2D eigenvalue weighted by Crippen LogP contribution is 2.19. The van der Waals surface area contributed by atoms with Gasteiger partial charge in [-0.25, -0.2) is 4.79 Å². The number of nitrogens with one attached hydrogen (secondary N) is 1. The predicted octanol–water partition coefficient (Wildman–Crippen LogP) is 1.60. The van der Waals surface area contributed by atoms with Gasteiger partial charge in [0, 0.05) is 19.1 Å². The molecule has 1 saturated heterocycles. The Bertz CT molecular complexity index is 281. The van der Waals surface area contributed by atoms with Gasteiger partial charge in [0.15, 0.2) is 0 Å². The monoisotopic (exact) mass is 272 g/mol. The van der Waals surface area contributed by atoms with Gasteiger partial charge in [-0.15, -0.1) is 0 Å². The summed E-state index contributed by atoms with van der Waals surface area (Å²) in [4.78, 5) is 13.7. The Hall–Kier alpha value is -0.810. The van der Waals surface area contributed by atoms with Crippen LogP contribution in [0.25, 0.3) is 0 Å². The summed E-state index contributed by atoms with van der Waals surface area (Å²) in [7, 11) is 0. The minimum absolute atomic E-state index is 0.142. The lowest BCUT2D eigenvalue weighted by Gasteiger charge is -2.33. The maximum absolute atomic E-state index is 11.9. The Morgan fingerprint density at radius 3 is 2.47 bits per heavy atom. The summed E-state index contributed by atoms with van der Waals surface area (Å²) in [6.07, 6.45) is 1.78. The van der Waals surface area contributed by atoms with E-state index < -0.39 is 5.60 Å². The molecule has 0 aliphatic carbocycles. The van der Waals surface area contributed by atoms with Gasteiger partial charge in [0.1, 0.15) is 5.60 Å². The average molecular weight is 272 g/mol. The van der Waals surface area contributed by atoms with Gasteiger partial charge >= 0.3 is 6.09 Å². The Morgan fingerprint density at radius 2 is 2.00 bits per heavy atom. The molecule has 1 atom stereocenters. The van der Waals surface area contributed by atoms with E-state index in [1.54, 1.807) is 4.90 Å². The van der Waals surface area contributed by atoms with Gasteiger partial charge in [-0.1, -0.05) is 0 Å². The van der Waals surface area contributed by atoms with Gasteiger partial charge in [0.25, 0.3) is 0 Å². The van der Waals surface area contributed by atoms with Crippen LogP contribution in [0.4, 0.5) is 4.79 Å². The smallest absolute Gasteiger partial charge is 0.410 e. The highest BCUT2D eigenvalue weighted by Gasteiger charge is 2.26. The summed E-state index contributed by atoms with van der Waals surface area (Å²) in [5.41, 5.74) is -0.425. The first-order chi connectivity index (χ1) is 8.81. The van der Waals surface area contributed by atoms with E-state index in [-0.39, 0.29) is 18.7 Å². The highest BCUT2D eigenvalue weighted by molar-refractivity contribution is 5.68. The second-order valence-corrected chi connectivity index (χ2v) is 6.40. The number of rotatable bonds is 4. The molecule has 0 aromatic heterocycles. The molecule has 1 heterocycles. The molecular weight excluding hydrogens is 244 g/mol. The van der Waals surface area contributed by atoms with Crippen molar-refractivity contribution in [1.29, 1.82) is 0 Å². The normalized spacial score (nSPS) is 19.3. The standard InChI is InChI=1S/C14H28N2O3/c1-11(10-17)15-9-12-5-7-16(8-6-12)13(18)19-14(2,3)4/h11-12,15,17H,5-10H2,1-4H3. The van der Waals surface area contributed by atoms with E-state index in [9.17, 15) is 4.79 Å². The van der Waals surface area contributed by atoms with E-state index in [4.69, 9.17) is 9.84 Å². The number of hydrogen-bond acceptors (Lipinski definition) is 4. The third-order valence-corrected chi connectivity index (χ3v) is 3.30. The second-order valence-electron chi connectivity index (χ2n) is 6.40. The first-order valence-corrected chi connectivity index (χ1v) is 7.14. The summed E-state index contributed by atoms with van der Waals surface area (Å²) in [5, 5.41) is 12.3. The molecule has 1 rings (SSSR count). The van der Waals surface area contributed by atoms with Gasteiger partial charge in [-0.3, -0.25) is 0 Å². The summed E-state index contributed by atoms with van der Waals surface area (Å²) in [6, 6.07) is 0.142. The molecular formula is C14H28N2O3. The van der Waals surface area contributed by atoms with Crippen LogP contribution >= 0.6 is 0 Å². The van der Waals surface area contributed by atoms with Crippen molar-refractivity contribution in [2.45, 2.75) is 52.2 Å². The third kappa shape index (κ3) is 6.25. The van der Waals surface area contributed by atoms with Gasteiger partial charge in [-0.05, 0) is 53.0 Å². The number of piperidine rings is 1. The lowest BCUT2D eigenvalue weighted by Crippen LogP contribution is -2.44. The summed E-state index contributed by atoms with van der Waals surface area (Å²) in [5.74, 6) is 0.577. The molecule has 0 saturated carbocycles. The van der Waals surface area contributed by atoms with E-state index in [0.717, 1.165) is 32.5 Å². The largest absolute Gasteiger partial charge is 0.444 e. The van der Waals surface area contributed by atoms with Crippen LogP contribution in [0, 0.1) is 5.92 Å². The number of carbonyl (C=O) groups excluding carboxylic acids is 1. The zero-order valence-corrected chi connectivity index (χ0v) is 12.6. The lowest BCUT2D eigenvalue weighted by molar-refractivity contribution is 0.0183. The molecule has 2 N–H and O–H groups in total. The molecule has 19 heavy (non-hydrogen) atoms. The lowest BCUT2D eigenvalue weighted by atomic mass is 9.97. The van der Waals surface area contributed by atoms with Crippen molar-refractivity contribution < 1.29 is 14.6 Å². The third-order valence-electron chi connectivity index (χ3n) is 3.30. The second kappa shape index (κ2) is 7.10. The molecule has 0 aromatic rings. The first kappa shape index (κ1) is 16.2. The fourth-order valence-electron chi connectivity index (χ4n) is 2.08. The number of nitrogens with zero attached hydrogens (tertiary/aromatic N) is 1. The molecule has 1 aliphatic rings. The number of aliphatic hydroxyl groups excluding tert-OH is 1. The Kier molecular flexibility index (Phi) is 6.07.